The molecule has 0 aliphatic rings. The second-order valence-corrected chi connectivity index (χ2v) is 5.78. The molecule has 0 aliphatic carbocycles. The topological polar surface area (TPSA) is 97.4 Å². The molecule has 3 rings (SSSR count). The number of ether oxygens (including phenoxy) is 1. The van der Waals surface area contributed by atoms with Gasteiger partial charge >= 0.3 is 5.97 Å². The van der Waals surface area contributed by atoms with Crippen molar-refractivity contribution in [1.29, 1.82) is 0 Å². The molecule has 1 heterocycles. The number of aromatic nitrogens is 1. The van der Waals surface area contributed by atoms with Gasteiger partial charge in [-0.25, -0.2) is 4.79 Å². The smallest absolute Gasteiger partial charge is 0.337 e. The van der Waals surface area contributed by atoms with Crippen LogP contribution >= 0.6 is 0 Å². The van der Waals surface area contributed by atoms with Crippen LogP contribution in [0.4, 0.5) is 11.4 Å². The van der Waals surface area contributed by atoms with Crippen LogP contribution in [-0.4, -0.2) is 29.9 Å². The second-order valence-electron chi connectivity index (χ2n) is 5.78. The number of para-hydroxylation sites is 1. The normalized spacial score (nSPS) is 10.0. The van der Waals surface area contributed by atoms with Gasteiger partial charge in [0.25, 0.3) is 11.8 Å². The lowest BCUT2D eigenvalue weighted by Gasteiger charge is -2.08. The summed E-state index contributed by atoms with van der Waals surface area (Å²) in [6.45, 7) is 0. The summed E-state index contributed by atoms with van der Waals surface area (Å²) in [5, 5.41) is 5.40. The van der Waals surface area contributed by atoms with Crippen LogP contribution in [0.5, 0.6) is 0 Å². The van der Waals surface area contributed by atoms with Crippen molar-refractivity contribution in [3.05, 3.63) is 89.7 Å². The lowest BCUT2D eigenvalue weighted by Crippen LogP contribution is -2.17. The Bertz CT molecular complexity index is 1020. The molecule has 0 saturated heterocycles. The van der Waals surface area contributed by atoms with E-state index in [-0.39, 0.29) is 11.3 Å². The highest BCUT2D eigenvalue weighted by molar-refractivity contribution is 6.08. The summed E-state index contributed by atoms with van der Waals surface area (Å²) in [7, 11) is 1.28. The van der Waals surface area contributed by atoms with E-state index < -0.39 is 17.8 Å². The van der Waals surface area contributed by atoms with E-state index in [1.165, 1.54) is 31.5 Å². The first-order valence-electron chi connectivity index (χ1n) is 8.39. The van der Waals surface area contributed by atoms with E-state index in [4.69, 9.17) is 0 Å². The van der Waals surface area contributed by atoms with Crippen LogP contribution in [0.1, 0.15) is 31.2 Å². The van der Waals surface area contributed by atoms with Gasteiger partial charge in [0.05, 0.1) is 12.7 Å². The molecule has 2 N–H and O–H groups in total. The summed E-state index contributed by atoms with van der Waals surface area (Å²) < 4.78 is 4.67. The lowest BCUT2D eigenvalue weighted by atomic mass is 10.1. The number of rotatable bonds is 5. The Morgan fingerprint density at radius 1 is 0.786 bits per heavy atom. The third-order valence-corrected chi connectivity index (χ3v) is 3.83. The zero-order chi connectivity index (χ0) is 19.9. The van der Waals surface area contributed by atoms with Gasteiger partial charge in [0.15, 0.2) is 0 Å². The van der Waals surface area contributed by atoms with E-state index in [2.05, 4.69) is 20.4 Å². The van der Waals surface area contributed by atoms with Crippen molar-refractivity contribution in [3.8, 4) is 0 Å². The Hall–Kier alpha value is -4.00. The third-order valence-electron chi connectivity index (χ3n) is 3.83. The molecule has 140 valence electrons. The largest absolute Gasteiger partial charge is 0.465 e. The molecular formula is C21H17N3O4. The first-order chi connectivity index (χ1) is 13.6. The first kappa shape index (κ1) is 18.8. The molecule has 3 aromatic rings. The molecule has 1 aromatic heterocycles. The van der Waals surface area contributed by atoms with Crippen molar-refractivity contribution >= 4 is 29.2 Å². The quantitative estimate of drug-likeness (QED) is 0.667. The van der Waals surface area contributed by atoms with Crippen LogP contribution < -0.4 is 10.6 Å². The SMILES string of the molecule is COC(=O)c1cccc(NC(=O)c2ccnc(C(=O)Nc3ccccc3)c2)c1. The van der Waals surface area contributed by atoms with Crippen LogP contribution in [0.3, 0.4) is 0 Å². The zero-order valence-electron chi connectivity index (χ0n) is 15.0. The molecule has 0 spiro atoms. The standard InChI is InChI=1S/C21H17N3O4/c1-28-21(27)15-6-5-9-17(12-15)24-19(25)14-10-11-22-18(13-14)20(26)23-16-7-3-2-4-8-16/h2-13H,1H3,(H,23,26)(H,24,25). The number of hydrogen-bond acceptors (Lipinski definition) is 5. The number of anilines is 2. The molecule has 7 nitrogen and oxygen atoms in total. The maximum atomic E-state index is 12.5. The Morgan fingerprint density at radius 3 is 2.25 bits per heavy atom. The van der Waals surface area contributed by atoms with E-state index in [9.17, 15) is 14.4 Å². The van der Waals surface area contributed by atoms with Crippen LogP contribution in [0, 0.1) is 0 Å². The molecule has 0 fully saturated rings. The Kier molecular flexibility index (Phi) is 5.76. The van der Waals surface area contributed by atoms with Crippen molar-refractivity contribution in [3.63, 3.8) is 0 Å². The number of benzene rings is 2. The molecule has 2 aromatic carbocycles. The Morgan fingerprint density at radius 2 is 1.50 bits per heavy atom. The maximum absolute atomic E-state index is 12.5. The first-order valence-corrected chi connectivity index (χ1v) is 8.39. The Balaban J connectivity index is 1.74. The van der Waals surface area contributed by atoms with Gasteiger partial charge in [-0.1, -0.05) is 24.3 Å². The third kappa shape index (κ3) is 4.59. The number of carbonyl (C=O) groups excluding carboxylic acids is 3. The summed E-state index contributed by atoms with van der Waals surface area (Å²) in [4.78, 5) is 40.5. The average molecular weight is 375 g/mol. The fourth-order valence-electron chi connectivity index (χ4n) is 2.46. The minimum Gasteiger partial charge on any atom is -0.465 e. The minimum atomic E-state index is -0.500. The van der Waals surface area contributed by atoms with Gasteiger partial charge in [-0.2, -0.15) is 0 Å². The average Bonchev–Trinajstić information content (AvgIpc) is 2.74. The molecule has 2 amide bonds. The summed E-state index contributed by atoms with van der Waals surface area (Å²) >= 11 is 0. The second kappa shape index (κ2) is 8.59. The molecule has 0 aliphatic heterocycles. The number of carbonyl (C=O) groups is 3. The fraction of sp³-hybridized carbons (Fsp3) is 0.0476. The number of methoxy groups -OCH3 is 1. The summed E-state index contributed by atoms with van der Waals surface area (Å²) in [5.74, 6) is -1.36. The van der Waals surface area contributed by atoms with E-state index in [1.807, 2.05) is 6.07 Å². The number of amides is 2. The molecule has 7 heteroatoms. The number of esters is 1. The molecule has 0 unspecified atom stereocenters. The molecule has 0 saturated carbocycles. The van der Waals surface area contributed by atoms with Crippen LogP contribution in [-0.2, 0) is 4.74 Å². The highest BCUT2D eigenvalue weighted by atomic mass is 16.5. The monoisotopic (exact) mass is 375 g/mol. The van der Waals surface area contributed by atoms with Crippen molar-refractivity contribution in [2.75, 3.05) is 17.7 Å². The van der Waals surface area contributed by atoms with Gasteiger partial charge in [0, 0.05) is 23.1 Å². The van der Waals surface area contributed by atoms with E-state index in [0.29, 0.717) is 16.9 Å². The predicted molar refractivity (Wildman–Crippen MR) is 104 cm³/mol. The van der Waals surface area contributed by atoms with E-state index >= 15 is 0 Å². The zero-order valence-corrected chi connectivity index (χ0v) is 15.0. The highest BCUT2D eigenvalue weighted by Crippen LogP contribution is 2.14. The molecule has 0 bridgehead atoms. The predicted octanol–water partition coefficient (Wildman–Crippen LogP) is 3.37. The molecule has 0 atom stereocenters. The molecular weight excluding hydrogens is 358 g/mol. The van der Waals surface area contributed by atoms with Gasteiger partial charge in [-0.15, -0.1) is 0 Å². The van der Waals surface area contributed by atoms with Gasteiger partial charge < -0.3 is 15.4 Å². The lowest BCUT2D eigenvalue weighted by molar-refractivity contribution is 0.0600. The van der Waals surface area contributed by atoms with Gasteiger partial charge in [-0.3, -0.25) is 14.6 Å². The number of nitrogens with one attached hydrogen (secondary N) is 2. The van der Waals surface area contributed by atoms with Crippen molar-refractivity contribution in [1.82, 2.24) is 4.98 Å². The van der Waals surface area contributed by atoms with Gasteiger partial charge in [-0.05, 0) is 42.5 Å². The number of pyridine rings is 1. The number of hydrogen-bond donors (Lipinski definition) is 2. The summed E-state index contributed by atoms with van der Waals surface area (Å²) in [6.07, 6.45) is 1.39. The molecule has 28 heavy (non-hydrogen) atoms. The molecule has 0 radical (unpaired) electrons. The van der Waals surface area contributed by atoms with Crippen molar-refractivity contribution < 1.29 is 19.1 Å². The van der Waals surface area contributed by atoms with E-state index in [1.54, 1.807) is 42.5 Å². The van der Waals surface area contributed by atoms with Crippen molar-refractivity contribution in [2.45, 2.75) is 0 Å². The van der Waals surface area contributed by atoms with Crippen LogP contribution in [0.2, 0.25) is 0 Å². The van der Waals surface area contributed by atoms with Gasteiger partial charge in [0.1, 0.15) is 5.69 Å². The van der Waals surface area contributed by atoms with E-state index in [0.717, 1.165) is 0 Å². The fourth-order valence-corrected chi connectivity index (χ4v) is 2.46. The van der Waals surface area contributed by atoms with Crippen molar-refractivity contribution in [2.24, 2.45) is 0 Å². The van der Waals surface area contributed by atoms with Crippen LogP contribution in [0.25, 0.3) is 0 Å². The number of nitrogens with zero attached hydrogens (tertiary/aromatic N) is 1. The minimum absolute atomic E-state index is 0.111. The summed E-state index contributed by atoms with van der Waals surface area (Å²) in [5.41, 5.74) is 1.75. The summed E-state index contributed by atoms with van der Waals surface area (Å²) in [6, 6.07) is 18.2. The van der Waals surface area contributed by atoms with Crippen LogP contribution in [0.15, 0.2) is 72.9 Å². The van der Waals surface area contributed by atoms with Gasteiger partial charge in [0.2, 0.25) is 0 Å². The highest BCUT2D eigenvalue weighted by Gasteiger charge is 2.13. The Labute approximate surface area is 161 Å². The maximum Gasteiger partial charge on any atom is 0.337 e.